The predicted molar refractivity (Wildman–Crippen MR) is 70.7 cm³/mol. The van der Waals surface area contributed by atoms with Crippen molar-refractivity contribution in [2.45, 2.75) is 6.42 Å². The summed E-state index contributed by atoms with van der Waals surface area (Å²) in [5, 5.41) is 0. The maximum Gasteiger partial charge on any atom is 0.151 e. The first-order chi connectivity index (χ1) is 9.31. The van der Waals surface area contributed by atoms with E-state index < -0.39 is 0 Å². The topological polar surface area (TPSA) is 37.9 Å². The van der Waals surface area contributed by atoms with Crippen molar-refractivity contribution in [1.29, 1.82) is 0 Å². The van der Waals surface area contributed by atoms with Crippen LogP contribution >= 0.6 is 0 Å². The van der Waals surface area contributed by atoms with Crippen molar-refractivity contribution in [3.8, 4) is 17.1 Å². The van der Waals surface area contributed by atoms with Gasteiger partial charge in [0, 0.05) is 12.0 Å². The minimum atomic E-state index is -0.301. The molecular weight excluding hydrogens is 243 g/mol. The van der Waals surface area contributed by atoms with E-state index in [9.17, 15) is 4.39 Å². The predicted octanol–water partition coefficient (Wildman–Crippen LogP) is 3.30. The molecule has 2 aromatic carbocycles. The molecule has 2 heterocycles. The van der Waals surface area contributed by atoms with Crippen LogP contribution in [-0.4, -0.2) is 16.6 Å². The number of benzene rings is 2. The number of aromatic nitrogens is 2. The van der Waals surface area contributed by atoms with Crippen molar-refractivity contribution >= 4 is 11.0 Å². The Bertz CT molecular complexity index is 779. The Hall–Kier alpha value is -2.36. The Kier molecular flexibility index (Phi) is 2.12. The summed E-state index contributed by atoms with van der Waals surface area (Å²) < 4.78 is 19.1. The highest BCUT2D eigenvalue weighted by Gasteiger charge is 2.14. The van der Waals surface area contributed by atoms with Gasteiger partial charge in [-0.3, -0.25) is 0 Å². The Morgan fingerprint density at radius 2 is 2.16 bits per heavy atom. The first kappa shape index (κ1) is 10.6. The van der Waals surface area contributed by atoms with E-state index in [0.717, 1.165) is 24.3 Å². The number of rotatable bonds is 1. The van der Waals surface area contributed by atoms with Gasteiger partial charge in [-0.1, -0.05) is 6.07 Å². The third-order valence-corrected chi connectivity index (χ3v) is 3.43. The summed E-state index contributed by atoms with van der Waals surface area (Å²) in [6, 6.07) is 10.9. The molecule has 0 spiro atoms. The van der Waals surface area contributed by atoms with Crippen LogP contribution in [-0.2, 0) is 6.42 Å². The van der Waals surface area contributed by atoms with E-state index in [4.69, 9.17) is 4.74 Å². The SMILES string of the molecule is Fc1cccc2[nH]c(-c3ccc4c(c3)CCO4)nc12. The lowest BCUT2D eigenvalue weighted by atomic mass is 10.1. The molecule has 0 unspecified atom stereocenters. The molecule has 0 atom stereocenters. The number of H-pyrrole nitrogens is 1. The van der Waals surface area contributed by atoms with E-state index >= 15 is 0 Å². The molecule has 3 nitrogen and oxygen atoms in total. The van der Waals surface area contributed by atoms with Gasteiger partial charge in [0.05, 0.1) is 12.1 Å². The molecule has 1 N–H and O–H groups in total. The number of aromatic amines is 1. The van der Waals surface area contributed by atoms with Gasteiger partial charge in [-0.2, -0.15) is 0 Å². The van der Waals surface area contributed by atoms with E-state index in [1.54, 1.807) is 6.07 Å². The Morgan fingerprint density at radius 1 is 1.21 bits per heavy atom. The van der Waals surface area contributed by atoms with Crippen molar-refractivity contribution < 1.29 is 9.13 Å². The van der Waals surface area contributed by atoms with Crippen LogP contribution < -0.4 is 4.74 Å². The molecule has 0 amide bonds. The minimum absolute atomic E-state index is 0.301. The van der Waals surface area contributed by atoms with Crippen LogP contribution in [0.25, 0.3) is 22.4 Å². The molecule has 19 heavy (non-hydrogen) atoms. The van der Waals surface area contributed by atoms with E-state index in [0.29, 0.717) is 16.9 Å². The zero-order valence-electron chi connectivity index (χ0n) is 10.1. The molecule has 1 aliphatic heterocycles. The zero-order chi connectivity index (χ0) is 12.8. The summed E-state index contributed by atoms with van der Waals surface area (Å²) in [5.41, 5.74) is 3.24. The molecule has 4 heteroatoms. The molecule has 0 saturated heterocycles. The van der Waals surface area contributed by atoms with Gasteiger partial charge in [-0.05, 0) is 35.9 Å². The van der Waals surface area contributed by atoms with Gasteiger partial charge in [0.1, 0.15) is 17.1 Å². The summed E-state index contributed by atoms with van der Waals surface area (Å²) >= 11 is 0. The van der Waals surface area contributed by atoms with Crippen LogP contribution in [0.1, 0.15) is 5.56 Å². The average molecular weight is 254 g/mol. The second-order valence-corrected chi connectivity index (χ2v) is 4.64. The highest BCUT2D eigenvalue weighted by molar-refractivity contribution is 5.80. The Labute approximate surface area is 109 Å². The highest BCUT2D eigenvalue weighted by Crippen LogP contribution is 2.30. The van der Waals surface area contributed by atoms with Crippen molar-refractivity contribution in [2.75, 3.05) is 6.61 Å². The number of ether oxygens (including phenoxy) is 1. The molecule has 0 aliphatic carbocycles. The number of para-hydroxylation sites is 1. The van der Waals surface area contributed by atoms with Gasteiger partial charge >= 0.3 is 0 Å². The summed E-state index contributed by atoms with van der Waals surface area (Å²) in [6.07, 6.45) is 0.914. The van der Waals surface area contributed by atoms with Gasteiger partial charge in [-0.25, -0.2) is 9.37 Å². The number of fused-ring (bicyclic) bond motifs is 2. The van der Waals surface area contributed by atoms with Crippen LogP contribution in [0.15, 0.2) is 36.4 Å². The molecule has 4 rings (SSSR count). The third-order valence-electron chi connectivity index (χ3n) is 3.43. The molecule has 94 valence electrons. The first-order valence-electron chi connectivity index (χ1n) is 6.21. The van der Waals surface area contributed by atoms with Gasteiger partial charge in [0.15, 0.2) is 5.82 Å². The number of halogens is 1. The minimum Gasteiger partial charge on any atom is -0.493 e. The van der Waals surface area contributed by atoms with Gasteiger partial charge in [-0.15, -0.1) is 0 Å². The van der Waals surface area contributed by atoms with E-state index in [1.165, 1.54) is 11.6 Å². The smallest absolute Gasteiger partial charge is 0.151 e. The number of hydrogen-bond acceptors (Lipinski definition) is 2. The first-order valence-corrected chi connectivity index (χ1v) is 6.21. The molecule has 0 radical (unpaired) electrons. The maximum absolute atomic E-state index is 13.6. The fourth-order valence-corrected chi connectivity index (χ4v) is 2.47. The second kappa shape index (κ2) is 3.82. The quantitative estimate of drug-likeness (QED) is 0.723. The Balaban J connectivity index is 1.88. The zero-order valence-corrected chi connectivity index (χ0v) is 10.1. The second-order valence-electron chi connectivity index (χ2n) is 4.64. The molecule has 3 aromatic rings. The van der Waals surface area contributed by atoms with E-state index in [1.807, 2.05) is 18.2 Å². The lowest BCUT2D eigenvalue weighted by Crippen LogP contribution is -1.85. The van der Waals surface area contributed by atoms with Crippen LogP contribution in [0.4, 0.5) is 4.39 Å². The van der Waals surface area contributed by atoms with Crippen molar-refractivity contribution in [3.05, 3.63) is 47.8 Å². The van der Waals surface area contributed by atoms with Gasteiger partial charge in [0.2, 0.25) is 0 Å². The monoisotopic (exact) mass is 254 g/mol. The van der Waals surface area contributed by atoms with Crippen molar-refractivity contribution in [1.82, 2.24) is 9.97 Å². The lowest BCUT2D eigenvalue weighted by molar-refractivity contribution is 0.357. The van der Waals surface area contributed by atoms with Crippen molar-refractivity contribution in [2.24, 2.45) is 0 Å². The van der Waals surface area contributed by atoms with Crippen LogP contribution in [0.2, 0.25) is 0 Å². The molecule has 0 fully saturated rings. The summed E-state index contributed by atoms with van der Waals surface area (Å²) in [7, 11) is 0. The summed E-state index contributed by atoms with van der Waals surface area (Å²) in [5.74, 6) is 1.32. The number of hydrogen-bond donors (Lipinski definition) is 1. The molecule has 0 bridgehead atoms. The van der Waals surface area contributed by atoms with Crippen LogP contribution in [0.5, 0.6) is 5.75 Å². The number of nitrogens with zero attached hydrogens (tertiary/aromatic N) is 1. The summed E-state index contributed by atoms with van der Waals surface area (Å²) in [6.45, 7) is 0.730. The van der Waals surface area contributed by atoms with Crippen LogP contribution in [0.3, 0.4) is 0 Å². The molecule has 1 aromatic heterocycles. The van der Waals surface area contributed by atoms with E-state index in [-0.39, 0.29) is 5.82 Å². The molecule has 1 aliphatic rings. The maximum atomic E-state index is 13.6. The largest absolute Gasteiger partial charge is 0.493 e. The highest BCUT2D eigenvalue weighted by atomic mass is 19.1. The standard InChI is InChI=1S/C15H11FN2O/c16-11-2-1-3-12-14(11)18-15(17-12)10-4-5-13-9(8-10)6-7-19-13/h1-5,8H,6-7H2,(H,17,18). The lowest BCUT2D eigenvalue weighted by Gasteiger charge is -2.01. The molecular formula is C15H11FN2O. The molecule has 0 saturated carbocycles. The van der Waals surface area contributed by atoms with Crippen molar-refractivity contribution in [3.63, 3.8) is 0 Å². The average Bonchev–Trinajstić information content (AvgIpc) is 3.04. The van der Waals surface area contributed by atoms with Gasteiger partial charge < -0.3 is 9.72 Å². The third kappa shape index (κ3) is 1.60. The number of imidazole rings is 1. The van der Waals surface area contributed by atoms with E-state index in [2.05, 4.69) is 16.0 Å². The van der Waals surface area contributed by atoms with Crippen LogP contribution in [0, 0.1) is 5.82 Å². The summed E-state index contributed by atoms with van der Waals surface area (Å²) in [4.78, 5) is 7.49. The fourth-order valence-electron chi connectivity index (χ4n) is 2.47. The number of nitrogens with one attached hydrogen (secondary N) is 1. The normalized spacial score (nSPS) is 13.5. The Morgan fingerprint density at radius 3 is 3.05 bits per heavy atom. The fraction of sp³-hybridized carbons (Fsp3) is 0.133. The van der Waals surface area contributed by atoms with Gasteiger partial charge in [0.25, 0.3) is 0 Å².